The number of Topliss-reactive ketones (excluding diaryl/α,β-unsaturated/α-hetero) is 1. The van der Waals surface area contributed by atoms with Crippen molar-refractivity contribution in [1.29, 1.82) is 0 Å². The average molecular weight is 300 g/mol. The van der Waals surface area contributed by atoms with Crippen LogP contribution in [0.25, 0.3) is 0 Å². The molecule has 0 radical (unpaired) electrons. The third kappa shape index (κ3) is 1.81. The second kappa shape index (κ2) is 4.82. The number of hydrogen-bond donors (Lipinski definition) is 1. The van der Waals surface area contributed by atoms with Crippen molar-refractivity contribution in [1.82, 2.24) is 0 Å². The number of rotatable bonds is 1. The van der Waals surface area contributed by atoms with Gasteiger partial charge >= 0.3 is 0 Å². The Morgan fingerprint density at radius 3 is 2.91 bits per heavy atom. The Labute approximate surface area is 131 Å². The van der Waals surface area contributed by atoms with E-state index in [9.17, 15) is 9.90 Å². The summed E-state index contributed by atoms with van der Waals surface area (Å²) in [5.74, 6) is 2.44. The van der Waals surface area contributed by atoms with Crippen LogP contribution in [0.2, 0.25) is 0 Å². The van der Waals surface area contributed by atoms with Gasteiger partial charge in [0.1, 0.15) is 11.9 Å². The Bertz CT molecular complexity index is 623. The first-order valence-corrected chi connectivity index (χ1v) is 8.42. The molecule has 3 aliphatic carbocycles. The molecule has 5 atom stereocenters. The molecule has 1 aromatic carbocycles. The highest BCUT2D eigenvalue weighted by atomic mass is 16.5. The maximum Gasteiger partial charge on any atom is 0.162 e. The van der Waals surface area contributed by atoms with Crippen LogP contribution in [0.5, 0.6) is 5.75 Å². The summed E-state index contributed by atoms with van der Waals surface area (Å²) in [6.45, 7) is 2.13. The van der Waals surface area contributed by atoms with Gasteiger partial charge in [-0.15, -0.1) is 0 Å². The zero-order chi connectivity index (χ0) is 15.5. The molecule has 3 aliphatic rings. The van der Waals surface area contributed by atoms with Crippen molar-refractivity contribution in [2.45, 2.75) is 51.0 Å². The minimum absolute atomic E-state index is 0.0636. The van der Waals surface area contributed by atoms with Crippen LogP contribution in [-0.4, -0.2) is 24.1 Å². The van der Waals surface area contributed by atoms with E-state index in [-0.39, 0.29) is 11.2 Å². The fourth-order valence-electron chi connectivity index (χ4n) is 5.45. The van der Waals surface area contributed by atoms with Crippen molar-refractivity contribution in [3.63, 3.8) is 0 Å². The standard InChI is InChI=1S/C19H24O3/c1-19-8-7-14-13-6-4-12(22-2)9-11(13)3-5-15(14)16(19)10-17(20)18(19)21/h4,6,9,14-16,18,21H,3,5,7-8,10H2,1-2H3/t14-,15+,16+,18+,19+/m1/s1. The van der Waals surface area contributed by atoms with Gasteiger partial charge in [0.15, 0.2) is 5.78 Å². The predicted octanol–water partition coefficient (Wildman–Crippen LogP) is 3.09. The fraction of sp³-hybridized carbons (Fsp3) is 0.632. The summed E-state index contributed by atoms with van der Waals surface area (Å²) in [7, 11) is 1.71. The normalized spacial score (nSPS) is 39.9. The van der Waals surface area contributed by atoms with Gasteiger partial charge in [0.25, 0.3) is 0 Å². The zero-order valence-electron chi connectivity index (χ0n) is 13.3. The summed E-state index contributed by atoms with van der Waals surface area (Å²) in [4.78, 5) is 12.1. The van der Waals surface area contributed by atoms with Crippen molar-refractivity contribution in [2.75, 3.05) is 7.11 Å². The summed E-state index contributed by atoms with van der Waals surface area (Å²) in [5, 5.41) is 10.3. The van der Waals surface area contributed by atoms with E-state index in [4.69, 9.17) is 4.74 Å². The fourth-order valence-corrected chi connectivity index (χ4v) is 5.45. The topological polar surface area (TPSA) is 46.5 Å². The highest BCUT2D eigenvalue weighted by molar-refractivity contribution is 5.86. The molecule has 0 aliphatic heterocycles. The van der Waals surface area contributed by atoms with Crippen LogP contribution in [0, 0.1) is 17.3 Å². The van der Waals surface area contributed by atoms with E-state index in [1.807, 2.05) is 0 Å². The first-order valence-electron chi connectivity index (χ1n) is 8.42. The maximum atomic E-state index is 12.1. The number of aliphatic hydroxyl groups excluding tert-OH is 1. The summed E-state index contributed by atoms with van der Waals surface area (Å²) >= 11 is 0. The summed E-state index contributed by atoms with van der Waals surface area (Å²) < 4.78 is 5.35. The highest BCUT2D eigenvalue weighted by Gasteiger charge is 2.57. The van der Waals surface area contributed by atoms with Crippen molar-refractivity contribution in [2.24, 2.45) is 17.3 Å². The summed E-state index contributed by atoms with van der Waals surface area (Å²) in [5.41, 5.74) is 2.67. The molecule has 0 heterocycles. The Kier molecular flexibility index (Phi) is 3.12. The van der Waals surface area contributed by atoms with Gasteiger partial charge in [-0.2, -0.15) is 0 Å². The number of ketones is 1. The smallest absolute Gasteiger partial charge is 0.162 e. The zero-order valence-corrected chi connectivity index (χ0v) is 13.3. The highest BCUT2D eigenvalue weighted by Crippen LogP contribution is 2.60. The summed E-state index contributed by atoms with van der Waals surface area (Å²) in [6.07, 6.45) is 4.06. The molecule has 3 nitrogen and oxygen atoms in total. The minimum atomic E-state index is -0.740. The number of ether oxygens (including phenoxy) is 1. The van der Waals surface area contributed by atoms with Crippen LogP contribution in [0.1, 0.15) is 49.7 Å². The van der Waals surface area contributed by atoms with Crippen LogP contribution in [-0.2, 0) is 11.2 Å². The van der Waals surface area contributed by atoms with E-state index in [2.05, 4.69) is 25.1 Å². The molecule has 118 valence electrons. The van der Waals surface area contributed by atoms with Gasteiger partial charge in [-0.25, -0.2) is 0 Å². The van der Waals surface area contributed by atoms with Crippen LogP contribution < -0.4 is 4.74 Å². The number of carbonyl (C=O) groups is 1. The van der Waals surface area contributed by atoms with Gasteiger partial charge in [-0.05, 0) is 66.7 Å². The molecule has 2 saturated carbocycles. The lowest BCUT2D eigenvalue weighted by atomic mass is 9.55. The number of methoxy groups -OCH3 is 1. The first-order chi connectivity index (χ1) is 10.5. The van der Waals surface area contributed by atoms with Gasteiger partial charge in [-0.3, -0.25) is 4.79 Å². The van der Waals surface area contributed by atoms with Gasteiger partial charge in [0.05, 0.1) is 7.11 Å². The molecule has 1 N–H and O–H groups in total. The third-order valence-electron chi connectivity index (χ3n) is 6.72. The third-order valence-corrected chi connectivity index (χ3v) is 6.72. The van der Waals surface area contributed by atoms with Gasteiger partial charge in [-0.1, -0.05) is 13.0 Å². The molecule has 0 aromatic heterocycles. The molecular weight excluding hydrogens is 276 g/mol. The summed E-state index contributed by atoms with van der Waals surface area (Å²) in [6, 6.07) is 6.46. The average Bonchev–Trinajstić information content (AvgIpc) is 2.77. The number of fused-ring (bicyclic) bond motifs is 5. The second-order valence-corrected chi connectivity index (χ2v) is 7.60. The van der Waals surface area contributed by atoms with E-state index >= 15 is 0 Å². The number of benzene rings is 1. The Morgan fingerprint density at radius 1 is 1.32 bits per heavy atom. The molecule has 2 fully saturated rings. The molecule has 0 saturated heterocycles. The lowest BCUT2D eigenvalue weighted by Crippen LogP contribution is -2.44. The Morgan fingerprint density at radius 2 is 2.14 bits per heavy atom. The van der Waals surface area contributed by atoms with Crippen LogP contribution in [0.3, 0.4) is 0 Å². The molecule has 4 rings (SSSR count). The van der Waals surface area contributed by atoms with Crippen LogP contribution in [0.4, 0.5) is 0 Å². The number of hydrogen-bond acceptors (Lipinski definition) is 3. The second-order valence-electron chi connectivity index (χ2n) is 7.60. The van der Waals surface area contributed by atoms with Crippen LogP contribution >= 0.6 is 0 Å². The van der Waals surface area contributed by atoms with E-state index in [1.54, 1.807) is 7.11 Å². The molecule has 3 heteroatoms. The molecule has 0 amide bonds. The van der Waals surface area contributed by atoms with E-state index < -0.39 is 6.10 Å². The molecule has 1 aromatic rings. The van der Waals surface area contributed by atoms with E-state index in [1.165, 1.54) is 11.1 Å². The van der Waals surface area contributed by atoms with Crippen LogP contribution in [0.15, 0.2) is 18.2 Å². The molecule has 0 unspecified atom stereocenters. The minimum Gasteiger partial charge on any atom is -0.497 e. The molecule has 0 bridgehead atoms. The number of carbonyl (C=O) groups excluding carboxylic acids is 1. The SMILES string of the molecule is COc1ccc2c(c1)CC[C@H]1[C@@H]2CC[C@]2(C)[C@@H](O)C(=O)C[C@@H]12. The van der Waals surface area contributed by atoms with Gasteiger partial charge in [0.2, 0.25) is 0 Å². The number of aliphatic hydroxyl groups is 1. The van der Waals surface area contributed by atoms with Gasteiger partial charge in [0, 0.05) is 11.8 Å². The van der Waals surface area contributed by atoms with Gasteiger partial charge < -0.3 is 9.84 Å². The lowest BCUT2D eigenvalue weighted by Gasteiger charge is -2.49. The first kappa shape index (κ1) is 14.3. The van der Waals surface area contributed by atoms with E-state index in [0.717, 1.165) is 31.4 Å². The predicted molar refractivity (Wildman–Crippen MR) is 84.0 cm³/mol. The van der Waals surface area contributed by atoms with Crippen molar-refractivity contribution in [3.05, 3.63) is 29.3 Å². The molecular formula is C19H24O3. The van der Waals surface area contributed by atoms with Crippen molar-refractivity contribution < 1.29 is 14.6 Å². The van der Waals surface area contributed by atoms with Crippen molar-refractivity contribution >= 4 is 5.78 Å². The Balaban J connectivity index is 1.70. The van der Waals surface area contributed by atoms with E-state index in [0.29, 0.717) is 24.2 Å². The number of aryl methyl sites for hydroxylation is 1. The lowest BCUT2D eigenvalue weighted by molar-refractivity contribution is -0.128. The maximum absolute atomic E-state index is 12.1. The monoisotopic (exact) mass is 300 g/mol. The quantitative estimate of drug-likeness (QED) is 0.867. The largest absolute Gasteiger partial charge is 0.497 e. The van der Waals surface area contributed by atoms with Crippen molar-refractivity contribution in [3.8, 4) is 5.75 Å². The molecule has 0 spiro atoms. The Hall–Kier alpha value is -1.35. The molecule has 22 heavy (non-hydrogen) atoms.